The highest BCUT2D eigenvalue weighted by Gasteiger charge is 2.36. The lowest BCUT2D eigenvalue weighted by Crippen LogP contribution is -2.30. The number of nitriles is 1. The van der Waals surface area contributed by atoms with Crippen LogP contribution in [-0.4, -0.2) is 28.4 Å². The summed E-state index contributed by atoms with van der Waals surface area (Å²) in [5.41, 5.74) is 0.859. The third-order valence-corrected chi connectivity index (χ3v) is 4.47. The van der Waals surface area contributed by atoms with Gasteiger partial charge >= 0.3 is 5.97 Å². The molecule has 0 spiro atoms. The Morgan fingerprint density at radius 2 is 1.96 bits per heavy atom. The van der Waals surface area contributed by atoms with Gasteiger partial charge in [-0.3, -0.25) is 4.79 Å². The number of fused-ring (bicyclic) bond motifs is 1. The summed E-state index contributed by atoms with van der Waals surface area (Å²) in [5.74, 6) is -1.24. The molecule has 1 amide bonds. The zero-order chi connectivity index (χ0) is 17.7. The molecule has 0 saturated carbocycles. The van der Waals surface area contributed by atoms with Gasteiger partial charge in [-0.1, -0.05) is 51.3 Å². The van der Waals surface area contributed by atoms with Crippen LogP contribution in [0.2, 0.25) is 0 Å². The fraction of sp³-hybridized carbons (Fsp3) is 0.421. The highest BCUT2D eigenvalue weighted by molar-refractivity contribution is 6.14. The molecule has 126 valence electrons. The number of nitrogens with zero attached hydrogens (tertiary/aromatic N) is 2. The summed E-state index contributed by atoms with van der Waals surface area (Å²) in [6, 6.07) is 8.64. The van der Waals surface area contributed by atoms with Crippen molar-refractivity contribution in [3.63, 3.8) is 0 Å². The molecule has 2 rings (SSSR count). The number of carbonyl (C=O) groups excluding carboxylic acids is 1. The summed E-state index contributed by atoms with van der Waals surface area (Å²) in [7, 11) is 0. The summed E-state index contributed by atoms with van der Waals surface area (Å²) < 4.78 is 0. The van der Waals surface area contributed by atoms with Crippen LogP contribution in [0.15, 0.2) is 29.8 Å². The van der Waals surface area contributed by atoms with Crippen molar-refractivity contribution >= 4 is 17.6 Å². The van der Waals surface area contributed by atoms with E-state index in [0.29, 0.717) is 17.7 Å². The van der Waals surface area contributed by atoms with Crippen LogP contribution in [0.5, 0.6) is 0 Å². The average Bonchev–Trinajstić information content (AvgIpc) is 2.85. The standard InChI is InChI=1S/C19H22N2O3/c1-3-5-8-13(4-2)12-21-17(16(11-20)19(23)24)14-9-6-7-10-15(14)18(21)22/h6-7,9-10,13H,3-5,8,12H2,1-2H3,(H,23,24). The van der Waals surface area contributed by atoms with Gasteiger partial charge in [0.05, 0.1) is 5.70 Å². The number of hydrogen-bond donors (Lipinski definition) is 1. The summed E-state index contributed by atoms with van der Waals surface area (Å²) in [5, 5.41) is 18.7. The molecule has 1 N–H and O–H groups in total. The Morgan fingerprint density at radius 3 is 2.50 bits per heavy atom. The van der Waals surface area contributed by atoms with Crippen LogP contribution in [0.4, 0.5) is 0 Å². The lowest BCUT2D eigenvalue weighted by molar-refractivity contribution is -0.132. The van der Waals surface area contributed by atoms with Crippen LogP contribution in [0.3, 0.4) is 0 Å². The number of aliphatic carboxylic acids is 1. The molecule has 0 aromatic heterocycles. The lowest BCUT2D eigenvalue weighted by Gasteiger charge is -2.24. The van der Waals surface area contributed by atoms with Crippen molar-refractivity contribution in [2.24, 2.45) is 5.92 Å². The van der Waals surface area contributed by atoms with Gasteiger partial charge in [0, 0.05) is 17.7 Å². The van der Waals surface area contributed by atoms with Crippen LogP contribution in [0.1, 0.15) is 55.5 Å². The maximum atomic E-state index is 12.8. The second kappa shape index (κ2) is 7.78. The van der Waals surface area contributed by atoms with Crippen molar-refractivity contribution in [1.82, 2.24) is 4.90 Å². The second-order valence-corrected chi connectivity index (χ2v) is 6.02. The van der Waals surface area contributed by atoms with Crippen molar-refractivity contribution < 1.29 is 14.7 Å². The molecule has 5 nitrogen and oxygen atoms in total. The minimum absolute atomic E-state index is 0.218. The Morgan fingerprint density at radius 1 is 1.29 bits per heavy atom. The van der Waals surface area contributed by atoms with E-state index in [0.717, 1.165) is 25.7 Å². The highest BCUT2D eigenvalue weighted by atomic mass is 16.4. The smallest absolute Gasteiger partial charge is 0.348 e. The third kappa shape index (κ3) is 3.33. The quantitative estimate of drug-likeness (QED) is 0.612. The van der Waals surface area contributed by atoms with E-state index in [2.05, 4.69) is 13.8 Å². The molecule has 0 saturated heterocycles. The molecule has 1 unspecified atom stereocenters. The highest BCUT2D eigenvalue weighted by Crippen LogP contribution is 2.36. The first-order valence-electron chi connectivity index (χ1n) is 8.34. The number of carbonyl (C=O) groups is 2. The molecule has 1 atom stereocenters. The first-order valence-corrected chi connectivity index (χ1v) is 8.34. The molecule has 1 heterocycles. The van der Waals surface area contributed by atoms with Gasteiger partial charge in [0.1, 0.15) is 6.07 Å². The number of hydrogen-bond acceptors (Lipinski definition) is 3. The monoisotopic (exact) mass is 326 g/mol. The molecule has 1 aromatic carbocycles. The lowest BCUT2D eigenvalue weighted by atomic mass is 9.98. The van der Waals surface area contributed by atoms with E-state index in [1.165, 1.54) is 4.90 Å². The molecule has 1 aliphatic heterocycles. The molecule has 0 aliphatic carbocycles. The first kappa shape index (κ1) is 17.7. The van der Waals surface area contributed by atoms with Crippen LogP contribution in [0.25, 0.3) is 5.70 Å². The van der Waals surface area contributed by atoms with Gasteiger partial charge in [-0.05, 0) is 18.4 Å². The largest absolute Gasteiger partial charge is 0.477 e. The Labute approximate surface area is 142 Å². The fourth-order valence-electron chi connectivity index (χ4n) is 3.09. The maximum Gasteiger partial charge on any atom is 0.348 e. The summed E-state index contributed by atoms with van der Waals surface area (Å²) >= 11 is 0. The van der Waals surface area contributed by atoms with Crippen LogP contribution < -0.4 is 0 Å². The predicted octanol–water partition coefficient (Wildman–Crippen LogP) is 3.68. The predicted molar refractivity (Wildman–Crippen MR) is 91.0 cm³/mol. The van der Waals surface area contributed by atoms with E-state index in [-0.39, 0.29) is 23.1 Å². The Bertz CT molecular complexity index is 716. The number of rotatable bonds is 7. The van der Waals surface area contributed by atoms with Crippen LogP contribution in [-0.2, 0) is 4.79 Å². The second-order valence-electron chi connectivity index (χ2n) is 6.02. The van der Waals surface area contributed by atoms with Crippen molar-refractivity contribution in [2.75, 3.05) is 6.54 Å². The fourth-order valence-corrected chi connectivity index (χ4v) is 3.09. The Balaban J connectivity index is 2.48. The van der Waals surface area contributed by atoms with Crippen LogP contribution >= 0.6 is 0 Å². The number of carboxylic acids is 1. The average molecular weight is 326 g/mol. The normalized spacial score (nSPS) is 16.5. The van der Waals surface area contributed by atoms with Crippen molar-refractivity contribution in [3.05, 3.63) is 41.0 Å². The summed E-state index contributed by atoms with van der Waals surface area (Å²) in [4.78, 5) is 25.7. The van der Waals surface area contributed by atoms with Crippen molar-refractivity contribution in [1.29, 1.82) is 5.26 Å². The van der Waals surface area contributed by atoms with Gasteiger partial charge < -0.3 is 10.0 Å². The van der Waals surface area contributed by atoms with E-state index in [1.807, 2.05) is 0 Å². The first-order chi connectivity index (χ1) is 11.5. The molecule has 24 heavy (non-hydrogen) atoms. The van der Waals surface area contributed by atoms with E-state index < -0.39 is 5.97 Å². The van der Waals surface area contributed by atoms with E-state index in [4.69, 9.17) is 0 Å². The molecular weight excluding hydrogens is 304 g/mol. The topological polar surface area (TPSA) is 81.4 Å². The number of amides is 1. The number of benzene rings is 1. The summed E-state index contributed by atoms with van der Waals surface area (Å²) in [6.45, 7) is 4.63. The van der Waals surface area contributed by atoms with E-state index >= 15 is 0 Å². The van der Waals surface area contributed by atoms with E-state index in [1.54, 1.807) is 30.3 Å². The van der Waals surface area contributed by atoms with Crippen molar-refractivity contribution in [3.8, 4) is 6.07 Å². The Hall–Kier alpha value is -2.61. The van der Waals surface area contributed by atoms with Gasteiger partial charge in [0.15, 0.2) is 5.57 Å². The van der Waals surface area contributed by atoms with Gasteiger partial charge in [-0.25, -0.2) is 4.79 Å². The van der Waals surface area contributed by atoms with Crippen LogP contribution in [0, 0.1) is 17.2 Å². The molecule has 1 aliphatic rings. The van der Waals surface area contributed by atoms with Gasteiger partial charge in [0.25, 0.3) is 5.91 Å². The summed E-state index contributed by atoms with van der Waals surface area (Å²) in [6.07, 6.45) is 4.03. The zero-order valence-electron chi connectivity index (χ0n) is 14.1. The number of carboxylic acid groups (broad SMARTS) is 1. The van der Waals surface area contributed by atoms with Gasteiger partial charge in [-0.2, -0.15) is 5.26 Å². The zero-order valence-corrected chi connectivity index (χ0v) is 14.1. The third-order valence-electron chi connectivity index (χ3n) is 4.47. The number of unbranched alkanes of at least 4 members (excludes halogenated alkanes) is 1. The maximum absolute atomic E-state index is 12.8. The van der Waals surface area contributed by atoms with Gasteiger partial charge in [0.2, 0.25) is 0 Å². The molecule has 5 heteroatoms. The minimum Gasteiger partial charge on any atom is -0.477 e. The van der Waals surface area contributed by atoms with Gasteiger partial charge in [-0.15, -0.1) is 0 Å². The molecule has 0 radical (unpaired) electrons. The molecular formula is C19H22N2O3. The van der Waals surface area contributed by atoms with Crippen molar-refractivity contribution in [2.45, 2.75) is 39.5 Å². The molecule has 0 bridgehead atoms. The van der Waals surface area contributed by atoms with E-state index in [9.17, 15) is 20.0 Å². The molecule has 1 aromatic rings. The minimum atomic E-state index is -1.30. The Kier molecular flexibility index (Phi) is 5.75. The molecule has 0 fully saturated rings. The SMILES string of the molecule is CCCCC(CC)CN1C(=O)c2ccccc2C1=C(C#N)C(=O)O.